The van der Waals surface area contributed by atoms with Crippen molar-refractivity contribution in [2.45, 2.75) is 25.8 Å². The highest BCUT2D eigenvalue weighted by Gasteiger charge is 2.32. The molecule has 1 fully saturated rings. The third kappa shape index (κ3) is 1.93. The first-order chi connectivity index (χ1) is 9.18. The smallest absolute Gasteiger partial charge is 0.326 e. The summed E-state index contributed by atoms with van der Waals surface area (Å²) in [6.07, 6.45) is 3.36. The van der Waals surface area contributed by atoms with Crippen LogP contribution >= 0.6 is 0 Å². The summed E-state index contributed by atoms with van der Waals surface area (Å²) in [5.74, 6) is 0.0467. The Labute approximate surface area is 111 Å². The van der Waals surface area contributed by atoms with Gasteiger partial charge in [0.15, 0.2) is 0 Å². The highest BCUT2D eigenvalue weighted by Crippen LogP contribution is 2.32. The minimum Gasteiger partial charge on any atom is -0.480 e. The molecule has 1 aliphatic heterocycles. The molecule has 1 atom stereocenters. The van der Waals surface area contributed by atoms with Gasteiger partial charge in [-0.25, -0.2) is 9.78 Å². The zero-order valence-corrected chi connectivity index (χ0v) is 10.8. The van der Waals surface area contributed by atoms with E-state index in [0.717, 1.165) is 35.1 Å². The fourth-order valence-corrected chi connectivity index (χ4v) is 2.88. The number of aromatic nitrogens is 1. The molecular weight excluding hydrogens is 240 g/mol. The lowest BCUT2D eigenvalue weighted by Gasteiger charge is -2.24. The first-order valence-electron chi connectivity index (χ1n) is 6.52. The molecule has 0 aliphatic carbocycles. The summed E-state index contributed by atoms with van der Waals surface area (Å²) >= 11 is 0. The van der Waals surface area contributed by atoms with E-state index >= 15 is 0 Å². The molecule has 0 amide bonds. The average Bonchev–Trinajstić information content (AvgIpc) is 2.87. The quantitative estimate of drug-likeness (QED) is 0.897. The summed E-state index contributed by atoms with van der Waals surface area (Å²) in [7, 11) is 0. The van der Waals surface area contributed by atoms with E-state index in [1.54, 1.807) is 6.20 Å². The van der Waals surface area contributed by atoms with Gasteiger partial charge in [0, 0.05) is 18.1 Å². The fourth-order valence-electron chi connectivity index (χ4n) is 2.88. The third-order valence-electron chi connectivity index (χ3n) is 3.79. The van der Waals surface area contributed by atoms with Gasteiger partial charge >= 0.3 is 5.97 Å². The van der Waals surface area contributed by atoms with Crippen molar-refractivity contribution in [2.24, 2.45) is 0 Å². The number of fused-ring (bicyclic) bond motifs is 1. The fraction of sp³-hybridized carbons (Fsp3) is 0.333. The van der Waals surface area contributed by atoms with Crippen molar-refractivity contribution >= 4 is 22.6 Å². The molecular formula is C15H16N2O2. The van der Waals surface area contributed by atoms with E-state index in [9.17, 15) is 9.90 Å². The Hall–Kier alpha value is -2.10. The molecule has 1 unspecified atom stereocenters. The summed E-state index contributed by atoms with van der Waals surface area (Å²) in [4.78, 5) is 17.7. The molecule has 4 heteroatoms. The molecule has 0 spiro atoms. The largest absolute Gasteiger partial charge is 0.480 e. The topological polar surface area (TPSA) is 53.4 Å². The zero-order chi connectivity index (χ0) is 13.4. The van der Waals surface area contributed by atoms with Gasteiger partial charge in [-0.15, -0.1) is 0 Å². The molecule has 1 aromatic heterocycles. The maximum absolute atomic E-state index is 11.3. The molecule has 0 bridgehead atoms. The third-order valence-corrected chi connectivity index (χ3v) is 3.79. The number of hydrogen-bond acceptors (Lipinski definition) is 3. The Balaban J connectivity index is 2.17. The number of pyridine rings is 1. The average molecular weight is 256 g/mol. The van der Waals surface area contributed by atoms with E-state index in [1.807, 2.05) is 36.1 Å². The molecule has 1 aliphatic rings. The molecule has 1 N–H and O–H groups in total. The molecule has 19 heavy (non-hydrogen) atoms. The molecule has 4 nitrogen and oxygen atoms in total. The van der Waals surface area contributed by atoms with Crippen LogP contribution in [0.15, 0.2) is 30.5 Å². The second-order valence-corrected chi connectivity index (χ2v) is 5.00. The van der Waals surface area contributed by atoms with Gasteiger partial charge in [0.25, 0.3) is 0 Å². The van der Waals surface area contributed by atoms with Gasteiger partial charge in [-0.3, -0.25) is 0 Å². The van der Waals surface area contributed by atoms with E-state index in [0.29, 0.717) is 6.42 Å². The standard InChI is InChI=1S/C15H16N2O2/c1-10-4-2-5-11-7-8-16-14(13(10)11)17-9-3-6-12(17)15(18)19/h2,4-5,7-8,12H,3,6,9H2,1H3,(H,18,19). The molecule has 0 saturated carbocycles. The maximum atomic E-state index is 11.3. The van der Waals surface area contributed by atoms with Crippen LogP contribution in [0.2, 0.25) is 0 Å². The van der Waals surface area contributed by atoms with Crippen molar-refractivity contribution in [3.8, 4) is 0 Å². The molecule has 98 valence electrons. The number of carbonyl (C=O) groups is 1. The Morgan fingerprint density at radius 2 is 2.26 bits per heavy atom. The number of aliphatic carboxylic acids is 1. The Morgan fingerprint density at radius 1 is 1.42 bits per heavy atom. The summed E-state index contributed by atoms with van der Waals surface area (Å²) in [6, 6.07) is 7.62. The van der Waals surface area contributed by atoms with Crippen LogP contribution < -0.4 is 4.90 Å². The van der Waals surface area contributed by atoms with Gasteiger partial charge < -0.3 is 10.0 Å². The monoisotopic (exact) mass is 256 g/mol. The first-order valence-corrected chi connectivity index (χ1v) is 6.52. The lowest BCUT2D eigenvalue weighted by molar-refractivity contribution is -0.138. The summed E-state index contributed by atoms with van der Waals surface area (Å²) in [5, 5.41) is 11.5. The SMILES string of the molecule is Cc1cccc2ccnc(N3CCCC3C(=O)O)c12. The molecule has 2 heterocycles. The normalized spacial score (nSPS) is 19.0. The summed E-state index contributed by atoms with van der Waals surface area (Å²) in [6.45, 7) is 2.80. The van der Waals surface area contributed by atoms with Crippen molar-refractivity contribution in [1.82, 2.24) is 4.98 Å². The van der Waals surface area contributed by atoms with E-state index in [4.69, 9.17) is 0 Å². The highest BCUT2D eigenvalue weighted by molar-refractivity contribution is 5.96. The Morgan fingerprint density at radius 3 is 3.05 bits per heavy atom. The second kappa shape index (κ2) is 4.53. The van der Waals surface area contributed by atoms with Crippen LogP contribution in [0.5, 0.6) is 0 Å². The molecule has 3 rings (SSSR count). The molecule has 0 radical (unpaired) electrons. The lowest BCUT2D eigenvalue weighted by Crippen LogP contribution is -2.36. The van der Waals surface area contributed by atoms with Gasteiger partial charge in [-0.1, -0.05) is 18.2 Å². The number of nitrogens with zero attached hydrogens (tertiary/aromatic N) is 2. The highest BCUT2D eigenvalue weighted by atomic mass is 16.4. The van der Waals surface area contributed by atoms with E-state index in [1.165, 1.54) is 0 Å². The van der Waals surface area contributed by atoms with Gasteiger partial charge in [0.1, 0.15) is 11.9 Å². The van der Waals surface area contributed by atoms with Crippen molar-refractivity contribution in [2.75, 3.05) is 11.4 Å². The molecule has 1 aromatic carbocycles. The minimum atomic E-state index is -0.759. The number of anilines is 1. The Bertz CT molecular complexity index is 634. The van der Waals surface area contributed by atoms with Crippen molar-refractivity contribution in [3.63, 3.8) is 0 Å². The van der Waals surface area contributed by atoms with E-state index in [2.05, 4.69) is 4.98 Å². The van der Waals surface area contributed by atoms with Crippen LogP contribution in [0.25, 0.3) is 10.8 Å². The van der Waals surface area contributed by atoms with E-state index in [-0.39, 0.29) is 0 Å². The maximum Gasteiger partial charge on any atom is 0.326 e. The number of carboxylic acids is 1. The Kier molecular flexibility index (Phi) is 2.85. The van der Waals surface area contributed by atoms with Crippen LogP contribution in [0.3, 0.4) is 0 Å². The number of carboxylic acid groups (broad SMARTS) is 1. The molecule has 2 aromatic rings. The van der Waals surface area contributed by atoms with Crippen molar-refractivity contribution in [1.29, 1.82) is 0 Å². The van der Waals surface area contributed by atoms with Crippen LogP contribution in [-0.4, -0.2) is 28.6 Å². The van der Waals surface area contributed by atoms with Gasteiger partial charge in [0.05, 0.1) is 0 Å². The van der Waals surface area contributed by atoms with Crippen LogP contribution in [0.4, 0.5) is 5.82 Å². The molecule has 1 saturated heterocycles. The predicted octanol–water partition coefficient (Wildman–Crippen LogP) is 2.60. The summed E-state index contributed by atoms with van der Waals surface area (Å²) < 4.78 is 0. The van der Waals surface area contributed by atoms with Gasteiger partial charge in [-0.2, -0.15) is 0 Å². The minimum absolute atomic E-state index is 0.447. The predicted molar refractivity (Wildman–Crippen MR) is 74.5 cm³/mol. The second-order valence-electron chi connectivity index (χ2n) is 5.00. The number of benzene rings is 1. The lowest BCUT2D eigenvalue weighted by atomic mass is 10.1. The zero-order valence-electron chi connectivity index (χ0n) is 10.8. The van der Waals surface area contributed by atoms with Crippen molar-refractivity contribution in [3.05, 3.63) is 36.0 Å². The van der Waals surface area contributed by atoms with Gasteiger partial charge in [0.2, 0.25) is 0 Å². The van der Waals surface area contributed by atoms with Crippen molar-refractivity contribution < 1.29 is 9.90 Å². The van der Waals surface area contributed by atoms with Crippen LogP contribution in [0, 0.1) is 6.92 Å². The van der Waals surface area contributed by atoms with Crippen LogP contribution in [0.1, 0.15) is 18.4 Å². The van der Waals surface area contributed by atoms with E-state index < -0.39 is 12.0 Å². The number of rotatable bonds is 2. The summed E-state index contributed by atoms with van der Waals surface area (Å²) in [5.41, 5.74) is 1.14. The van der Waals surface area contributed by atoms with Crippen LogP contribution in [-0.2, 0) is 4.79 Å². The number of aryl methyl sites for hydroxylation is 1. The first kappa shape index (κ1) is 12.0. The van der Waals surface area contributed by atoms with Gasteiger partial charge in [-0.05, 0) is 36.8 Å². The number of hydrogen-bond donors (Lipinski definition) is 1.